The summed E-state index contributed by atoms with van der Waals surface area (Å²) in [7, 11) is 0. The molecule has 0 unspecified atom stereocenters. The Balaban J connectivity index is 2.11. The van der Waals surface area contributed by atoms with E-state index in [4.69, 9.17) is 0 Å². The van der Waals surface area contributed by atoms with Gasteiger partial charge in [-0.15, -0.1) is 0 Å². The molecule has 0 aliphatic carbocycles. The SMILES string of the molecule is Cc1ccc(N2CC(=O)Nc3c(F)cccc32)cc1. The molecule has 3 nitrogen and oxygen atoms in total. The number of rotatable bonds is 1. The quantitative estimate of drug-likeness (QED) is 0.849. The highest BCUT2D eigenvalue weighted by Crippen LogP contribution is 2.36. The average Bonchev–Trinajstić information content (AvgIpc) is 2.40. The summed E-state index contributed by atoms with van der Waals surface area (Å²) in [5.41, 5.74) is 2.96. The Bertz CT molecular complexity index is 637. The number of fused-ring (bicyclic) bond motifs is 1. The maximum Gasteiger partial charge on any atom is 0.244 e. The summed E-state index contributed by atoms with van der Waals surface area (Å²) < 4.78 is 13.8. The third-order valence-electron chi connectivity index (χ3n) is 3.19. The Morgan fingerprint density at radius 3 is 2.63 bits per heavy atom. The lowest BCUT2D eigenvalue weighted by Crippen LogP contribution is -2.35. The average molecular weight is 256 g/mol. The van der Waals surface area contributed by atoms with Gasteiger partial charge in [-0.25, -0.2) is 4.39 Å². The number of anilines is 3. The van der Waals surface area contributed by atoms with Gasteiger partial charge < -0.3 is 10.2 Å². The second kappa shape index (κ2) is 4.39. The highest BCUT2D eigenvalue weighted by molar-refractivity contribution is 6.03. The molecule has 0 radical (unpaired) electrons. The highest BCUT2D eigenvalue weighted by atomic mass is 19.1. The molecular weight excluding hydrogens is 243 g/mol. The van der Waals surface area contributed by atoms with Crippen LogP contribution < -0.4 is 10.2 Å². The molecule has 3 rings (SSSR count). The normalized spacial score (nSPS) is 14.0. The molecule has 4 heteroatoms. The number of hydrogen-bond acceptors (Lipinski definition) is 2. The topological polar surface area (TPSA) is 32.3 Å². The Morgan fingerprint density at radius 1 is 1.16 bits per heavy atom. The van der Waals surface area contributed by atoms with E-state index in [1.807, 2.05) is 36.1 Å². The third-order valence-corrected chi connectivity index (χ3v) is 3.19. The van der Waals surface area contributed by atoms with E-state index in [0.717, 1.165) is 11.3 Å². The Morgan fingerprint density at radius 2 is 1.89 bits per heavy atom. The van der Waals surface area contributed by atoms with E-state index >= 15 is 0 Å². The standard InChI is InChI=1S/C15H13FN2O/c1-10-5-7-11(8-6-10)18-9-14(19)17-15-12(16)3-2-4-13(15)18/h2-8H,9H2,1H3,(H,17,19). The van der Waals surface area contributed by atoms with E-state index < -0.39 is 5.82 Å². The second-order valence-electron chi connectivity index (χ2n) is 4.60. The number of hydrogen-bond donors (Lipinski definition) is 1. The summed E-state index contributed by atoms with van der Waals surface area (Å²) >= 11 is 0. The van der Waals surface area contributed by atoms with Crippen molar-refractivity contribution < 1.29 is 9.18 Å². The van der Waals surface area contributed by atoms with E-state index in [-0.39, 0.29) is 18.1 Å². The van der Waals surface area contributed by atoms with Crippen LogP contribution in [0.15, 0.2) is 42.5 Å². The van der Waals surface area contributed by atoms with E-state index in [2.05, 4.69) is 5.32 Å². The molecule has 1 aliphatic heterocycles. The fraction of sp³-hybridized carbons (Fsp3) is 0.133. The Hall–Kier alpha value is -2.36. The minimum absolute atomic E-state index is 0.194. The molecule has 2 aromatic carbocycles. The molecule has 0 atom stereocenters. The van der Waals surface area contributed by atoms with Crippen LogP contribution in [0.1, 0.15) is 5.56 Å². The number of nitrogens with zero attached hydrogens (tertiary/aromatic N) is 1. The predicted octanol–water partition coefficient (Wildman–Crippen LogP) is 3.22. The zero-order valence-electron chi connectivity index (χ0n) is 10.5. The predicted molar refractivity (Wildman–Crippen MR) is 73.2 cm³/mol. The van der Waals surface area contributed by atoms with Crippen LogP contribution >= 0.6 is 0 Å². The number of carbonyl (C=O) groups excluding carboxylic acids is 1. The van der Waals surface area contributed by atoms with Gasteiger partial charge in [-0.3, -0.25) is 4.79 Å². The first-order valence-corrected chi connectivity index (χ1v) is 6.08. The molecule has 1 aliphatic rings. The van der Waals surface area contributed by atoms with Gasteiger partial charge in [0.15, 0.2) is 0 Å². The second-order valence-corrected chi connectivity index (χ2v) is 4.60. The third kappa shape index (κ3) is 2.05. The largest absolute Gasteiger partial charge is 0.330 e. The van der Waals surface area contributed by atoms with Crippen LogP contribution in [0.5, 0.6) is 0 Å². The van der Waals surface area contributed by atoms with Crippen molar-refractivity contribution in [1.82, 2.24) is 0 Å². The Labute approximate surface area is 110 Å². The fourth-order valence-corrected chi connectivity index (χ4v) is 2.22. The number of para-hydroxylation sites is 1. The van der Waals surface area contributed by atoms with Crippen molar-refractivity contribution in [3.05, 3.63) is 53.8 Å². The lowest BCUT2D eigenvalue weighted by molar-refractivity contribution is -0.115. The van der Waals surface area contributed by atoms with Gasteiger partial charge in [-0.05, 0) is 31.2 Å². The number of benzene rings is 2. The molecule has 0 aromatic heterocycles. The summed E-state index contributed by atoms with van der Waals surface area (Å²) in [6, 6.07) is 12.6. The number of nitrogens with one attached hydrogen (secondary N) is 1. The van der Waals surface area contributed by atoms with Crippen molar-refractivity contribution in [3.8, 4) is 0 Å². The van der Waals surface area contributed by atoms with Gasteiger partial charge in [0.25, 0.3) is 0 Å². The summed E-state index contributed by atoms with van der Waals surface area (Å²) in [5, 5.41) is 2.58. The van der Waals surface area contributed by atoms with E-state index in [0.29, 0.717) is 5.69 Å². The minimum atomic E-state index is -0.414. The van der Waals surface area contributed by atoms with Crippen LogP contribution in [-0.4, -0.2) is 12.5 Å². The maximum atomic E-state index is 13.8. The smallest absolute Gasteiger partial charge is 0.244 e. The molecule has 1 heterocycles. The van der Waals surface area contributed by atoms with Gasteiger partial charge in [0.2, 0.25) is 5.91 Å². The van der Waals surface area contributed by atoms with Crippen LogP contribution in [-0.2, 0) is 4.79 Å². The molecule has 0 bridgehead atoms. The lowest BCUT2D eigenvalue weighted by atomic mass is 10.1. The van der Waals surface area contributed by atoms with Crippen molar-refractivity contribution in [2.45, 2.75) is 6.92 Å². The van der Waals surface area contributed by atoms with E-state index in [9.17, 15) is 9.18 Å². The summed E-state index contributed by atoms with van der Waals surface area (Å²) in [6.45, 7) is 2.19. The molecule has 96 valence electrons. The van der Waals surface area contributed by atoms with Crippen molar-refractivity contribution in [2.24, 2.45) is 0 Å². The summed E-state index contributed by atoms with van der Waals surface area (Å²) in [4.78, 5) is 13.5. The minimum Gasteiger partial charge on any atom is -0.330 e. The zero-order chi connectivity index (χ0) is 13.4. The monoisotopic (exact) mass is 256 g/mol. The molecule has 19 heavy (non-hydrogen) atoms. The molecule has 2 aromatic rings. The van der Waals surface area contributed by atoms with Crippen molar-refractivity contribution in [2.75, 3.05) is 16.8 Å². The van der Waals surface area contributed by atoms with E-state index in [1.165, 1.54) is 6.07 Å². The zero-order valence-corrected chi connectivity index (χ0v) is 10.5. The molecular formula is C15H13FN2O. The van der Waals surface area contributed by atoms with Crippen LogP contribution in [0.2, 0.25) is 0 Å². The van der Waals surface area contributed by atoms with Crippen LogP contribution in [0.4, 0.5) is 21.5 Å². The van der Waals surface area contributed by atoms with Gasteiger partial charge in [-0.1, -0.05) is 23.8 Å². The molecule has 0 fully saturated rings. The van der Waals surface area contributed by atoms with Gasteiger partial charge in [0.05, 0.1) is 5.69 Å². The Kier molecular flexibility index (Phi) is 2.71. The maximum absolute atomic E-state index is 13.8. The fourth-order valence-electron chi connectivity index (χ4n) is 2.22. The summed E-state index contributed by atoms with van der Waals surface area (Å²) in [5.74, 6) is -0.624. The molecule has 0 saturated carbocycles. The lowest BCUT2D eigenvalue weighted by Gasteiger charge is -2.31. The van der Waals surface area contributed by atoms with Crippen molar-refractivity contribution >= 4 is 23.0 Å². The molecule has 1 amide bonds. The van der Waals surface area contributed by atoms with Gasteiger partial charge in [0.1, 0.15) is 18.0 Å². The molecule has 0 spiro atoms. The highest BCUT2D eigenvalue weighted by Gasteiger charge is 2.25. The van der Waals surface area contributed by atoms with Crippen LogP contribution in [0, 0.1) is 12.7 Å². The van der Waals surface area contributed by atoms with Gasteiger partial charge in [-0.2, -0.15) is 0 Å². The van der Waals surface area contributed by atoms with Crippen molar-refractivity contribution in [3.63, 3.8) is 0 Å². The molecule has 1 N–H and O–H groups in total. The summed E-state index contributed by atoms with van der Waals surface area (Å²) in [6.07, 6.45) is 0. The molecule has 0 saturated heterocycles. The first-order chi connectivity index (χ1) is 9.15. The van der Waals surface area contributed by atoms with E-state index in [1.54, 1.807) is 12.1 Å². The van der Waals surface area contributed by atoms with Crippen LogP contribution in [0.3, 0.4) is 0 Å². The number of aryl methyl sites for hydroxylation is 1. The number of halogens is 1. The first kappa shape index (κ1) is 11.7. The van der Waals surface area contributed by atoms with Gasteiger partial charge in [0, 0.05) is 5.69 Å². The van der Waals surface area contributed by atoms with Gasteiger partial charge >= 0.3 is 0 Å². The van der Waals surface area contributed by atoms with Crippen LogP contribution in [0.25, 0.3) is 0 Å². The number of carbonyl (C=O) groups is 1. The van der Waals surface area contributed by atoms with Crippen molar-refractivity contribution in [1.29, 1.82) is 0 Å². The first-order valence-electron chi connectivity index (χ1n) is 6.08. The number of amides is 1.